The first-order valence-electron chi connectivity index (χ1n) is 11.8. The van der Waals surface area contributed by atoms with Gasteiger partial charge in [0.15, 0.2) is 0 Å². The van der Waals surface area contributed by atoms with Gasteiger partial charge in [-0.2, -0.15) is 0 Å². The number of hydrogen-bond donors (Lipinski definition) is 2. The van der Waals surface area contributed by atoms with Gasteiger partial charge in [-0.1, -0.05) is 74.0 Å². The molecule has 0 saturated carbocycles. The average Bonchev–Trinajstić information content (AvgIpc) is 3.18. The van der Waals surface area contributed by atoms with Crippen LogP contribution in [0, 0.1) is 0 Å². The van der Waals surface area contributed by atoms with Crippen molar-refractivity contribution in [3.63, 3.8) is 0 Å². The van der Waals surface area contributed by atoms with Crippen molar-refractivity contribution in [2.45, 2.75) is 31.6 Å². The van der Waals surface area contributed by atoms with Crippen LogP contribution in [0.4, 0.5) is 9.59 Å². The van der Waals surface area contributed by atoms with E-state index in [2.05, 4.69) is 24.0 Å². The number of aliphatic carboxylic acids is 1. The minimum absolute atomic E-state index is 0.0799. The maximum atomic E-state index is 12.8. The van der Waals surface area contributed by atoms with Crippen molar-refractivity contribution in [2.24, 2.45) is 0 Å². The molecule has 8 heteroatoms. The van der Waals surface area contributed by atoms with Crippen molar-refractivity contribution in [2.75, 3.05) is 32.8 Å². The van der Waals surface area contributed by atoms with Crippen molar-refractivity contribution in [3.8, 4) is 11.1 Å². The van der Waals surface area contributed by atoms with Crippen LogP contribution in [-0.2, 0) is 14.3 Å². The van der Waals surface area contributed by atoms with Crippen LogP contribution in [-0.4, -0.2) is 61.0 Å². The lowest BCUT2D eigenvalue weighted by Crippen LogP contribution is -2.37. The molecule has 0 unspecified atom stereocenters. The Balaban J connectivity index is 1.46. The number of fused-ring (bicyclic) bond motifs is 3. The predicted molar refractivity (Wildman–Crippen MR) is 132 cm³/mol. The van der Waals surface area contributed by atoms with E-state index in [9.17, 15) is 19.5 Å². The van der Waals surface area contributed by atoms with Gasteiger partial charge >= 0.3 is 18.2 Å². The lowest BCUT2D eigenvalue weighted by atomic mass is 9.98. The van der Waals surface area contributed by atoms with Crippen molar-refractivity contribution in [1.82, 2.24) is 10.2 Å². The summed E-state index contributed by atoms with van der Waals surface area (Å²) in [7, 11) is 0. The quantitative estimate of drug-likeness (QED) is 0.315. The predicted octanol–water partition coefficient (Wildman–Crippen LogP) is 4.79. The molecule has 2 aromatic carbocycles. The lowest BCUT2D eigenvalue weighted by molar-refractivity contribution is -0.138. The fourth-order valence-electron chi connectivity index (χ4n) is 4.24. The molecule has 0 saturated heterocycles. The fraction of sp³-hybridized carbons (Fsp3) is 0.370. The maximum absolute atomic E-state index is 12.8. The summed E-state index contributed by atoms with van der Waals surface area (Å²) in [6.45, 7) is 4.16. The molecule has 2 aromatic rings. The van der Waals surface area contributed by atoms with E-state index in [1.165, 1.54) is 11.0 Å². The third kappa shape index (κ3) is 7.34. The molecule has 35 heavy (non-hydrogen) atoms. The molecule has 3 rings (SSSR count). The summed E-state index contributed by atoms with van der Waals surface area (Å²) in [5.41, 5.74) is 4.48. The van der Waals surface area contributed by atoms with Gasteiger partial charge in [0, 0.05) is 19.0 Å². The van der Waals surface area contributed by atoms with Gasteiger partial charge in [-0.25, -0.2) is 9.59 Å². The van der Waals surface area contributed by atoms with Crippen molar-refractivity contribution in [1.29, 1.82) is 0 Å². The molecule has 2 amide bonds. The summed E-state index contributed by atoms with van der Waals surface area (Å²) in [6, 6.07) is 16.1. The highest BCUT2D eigenvalue weighted by atomic mass is 16.6. The molecule has 8 nitrogen and oxygen atoms in total. The number of benzene rings is 2. The topological polar surface area (TPSA) is 105 Å². The zero-order valence-corrected chi connectivity index (χ0v) is 19.8. The molecule has 0 aliphatic heterocycles. The van der Waals surface area contributed by atoms with E-state index in [1.807, 2.05) is 36.4 Å². The zero-order valence-electron chi connectivity index (χ0n) is 19.8. The Labute approximate surface area is 205 Å². The van der Waals surface area contributed by atoms with Gasteiger partial charge in [-0.3, -0.25) is 9.69 Å². The van der Waals surface area contributed by atoms with E-state index < -0.39 is 24.7 Å². The second-order valence-corrected chi connectivity index (χ2v) is 8.35. The number of carboxylic acid groups (broad SMARTS) is 1. The lowest BCUT2D eigenvalue weighted by Gasteiger charge is -2.22. The molecule has 0 bridgehead atoms. The number of amides is 2. The molecule has 1 aliphatic rings. The number of ether oxygens (including phenoxy) is 2. The van der Waals surface area contributed by atoms with Crippen molar-refractivity contribution >= 4 is 18.2 Å². The van der Waals surface area contributed by atoms with Crippen LogP contribution in [0.2, 0.25) is 0 Å². The van der Waals surface area contributed by atoms with Gasteiger partial charge < -0.3 is 19.9 Å². The highest BCUT2D eigenvalue weighted by Gasteiger charge is 2.29. The highest BCUT2D eigenvalue weighted by molar-refractivity contribution is 5.79. The molecule has 0 aromatic heterocycles. The Bertz CT molecular complexity index is 992. The highest BCUT2D eigenvalue weighted by Crippen LogP contribution is 2.44. The van der Waals surface area contributed by atoms with Crippen molar-refractivity contribution < 1.29 is 29.0 Å². The van der Waals surface area contributed by atoms with Gasteiger partial charge in [0.05, 0.1) is 0 Å². The molecular weight excluding hydrogens is 448 g/mol. The van der Waals surface area contributed by atoms with E-state index in [0.29, 0.717) is 13.0 Å². The first kappa shape index (κ1) is 25.8. The van der Waals surface area contributed by atoms with Gasteiger partial charge in [0.2, 0.25) is 0 Å². The van der Waals surface area contributed by atoms with Gasteiger partial charge in [0.1, 0.15) is 19.8 Å². The number of alkyl carbamates (subject to hydrolysis) is 1. The Morgan fingerprint density at radius 1 is 0.943 bits per heavy atom. The Morgan fingerprint density at radius 3 is 2.20 bits per heavy atom. The molecule has 0 atom stereocenters. The Morgan fingerprint density at radius 2 is 1.57 bits per heavy atom. The third-order valence-corrected chi connectivity index (χ3v) is 5.88. The standard InChI is InChI=1S/C27H32N2O6/c1-2-17-34-26(32)28-15-9-3-4-10-16-29(18-25(30)31)27(33)35-19-24-22-13-7-5-11-20(22)21-12-6-8-14-23(21)24/h2,5-8,11-14,24H,1,3-4,9-10,15-19H2,(H,28,32)(H,30,31). The Kier molecular flexibility index (Phi) is 9.71. The molecule has 186 valence electrons. The van der Waals surface area contributed by atoms with Crippen LogP contribution in [0.3, 0.4) is 0 Å². The van der Waals surface area contributed by atoms with Crippen LogP contribution in [0.1, 0.15) is 42.7 Å². The summed E-state index contributed by atoms with van der Waals surface area (Å²) in [4.78, 5) is 36.7. The van der Waals surface area contributed by atoms with Gasteiger partial charge in [-0.15, -0.1) is 0 Å². The molecular formula is C27H32N2O6. The number of nitrogens with zero attached hydrogens (tertiary/aromatic N) is 1. The monoisotopic (exact) mass is 480 g/mol. The minimum atomic E-state index is -1.08. The average molecular weight is 481 g/mol. The number of hydrogen-bond acceptors (Lipinski definition) is 5. The molecule has 2 N–H and O–H groups in total. The first-order valence-corrected chi connectivity index (χ1v) is 11.8. The normalized spacial score (nSPS) is 11.8. The van der Waals surface area contributed by atoms with Crippen LogP contribution in [0.15, 0.2) is 61.2 Å². The molecule has 0 fully saturated rings. The third-order valence-electron chi connectivity index (χ3n) is 5.88. The molecule has 0 heterocycles. The van der Waals surface area contributed by atoms with Crippen LogP contribution in [0.25, 0.3) is 11.1 Å². The SMILES string of the molecule is C=CCOC(=O)NCCCCCCN(CC(=O)O)C(=O)OCC1c2ccccc2-c2ccccc21. The van der Waals surface area contributed by atoms with E-state index in [-0.39, 0.29) is 25.7 Å². The summed E-state index contributed by atoms with van der Waals surface area (Å²) in [5, 5.41) is 11.9. The van der Waals surface area contributed by atoms with Gasteiger partial charge in [-0.05, 0) is 35.1 Å². The number of carbonyl (C=O) groups excluding carboxylic acids is 2. The second-order valence-electron chi connectivity index (χ2n) is 8.35. The van der Waals surface area contributed by atoms with Crippen LogP contribution < -0.4 is 5.32 Å². The largest absolute Gasteiger partial charge is 0.480 e. The summed E-state index contributed by atoms with van der Waals surface area (Å²) in [6.07, 6.45) is 3.40. The molecule has 0 radical (unpaired) electrons. The number of carbonyl (C=O) groups is 3. The summed E-state index contributed by atoms with van der Waals surface area (Å²) < 4.78 is 10.4. The van der Waals surface area contributed by atoms with E-state index in [4.69, 9.17) is 9.47 Å². The summed E-state index contributed by atoms with van der Waals surface area (Å²) in [5.74, 6) is -1.16. The fourth-order valence-corrected chi connectivity index (χ4v) is 4.24. The molecule has 0 spiro atoms. The van der Waals surface area contributed by atoms with E-state index in [0.717, 1.165) is 41.5 Å². The summed E-state index contributed by atoms with van der Waals surface area (Å²) >= 11 is 0. The van der Waals surface area contributed by atoms with E-state index in [1.54, 1.807) is 0 Å². The second kappa shape index (κ2) is 13.2. The van der Waals surface area contributed by atoms with E-state index >= 15 is 0 Å². The number of carboxylic acids is 1. The number of unbranched alkanes of at least 4 members (excludes halogenated alkanes) is 3. The van der Waals surface area contributed by atoms with Crippen LogP contribution in [0.5, 0.6) is 0 Å². The van der Waals surface area contributed by atoms with Gasteiger partial charge in [0.25, 0.3) is 0 Å². The number of nitrogens with one attached hydrogen (secondary N) is 1. The molecule has 1 aliphatic carbocycles. The van der Waals surface area contributed by atoms with Crippen LogP contribution >= 0.6 is 0 Å². The Hall–Kier alpha value is -3.81. The number of rotatable bonds is 13. The van der Waals surface area contributed by atoms with Crippen molar-refractivity contribution in [3.05, 3.63) is 72.3 Å². The smallest absolute Gasteiger partial charge is 0.410 e. The first-order chi connectivity index (χ1) is 17.0. The maximum Gasteiger partial charge on any atom is 0.410 e. The minimum Gasteiger partial charge on any atom is -0.480 e. The zero-order chi connectivity index (χ0) is 25.0.